The highest BCUT2D eigenvalue weighted by molar-refractivity contribution is 6.73. The normalized spacial score (nSPS) is 13.1. The lowest BCUT2D eigenvalue weighted by Gasteiger charge is -2.29. The molecule has 0 saturated heterocycles. The van der Waals surface area contributed by atoms with Crippen LogP contribution in [0, 0.1) is 0 Å². The molecule has 0 amide bonds. The third-order valence-corrected chi connectivity index (χ3v) is 11.5. The van der Waals surface area contributed by atoms with Gasteiger partial charge < -0.3 is 13.3 Å². The summed E-state index contributed by atoms with van der Waals surface area (Å²) in [6.45, 7) is 6.63. The van der Waals surface area contributed by atoms with Crippen LogP contribution in [0.1, 0.15) is 20.3 Å². The van der Waals surface area contributed by atoms with Crippen LogP contribution >= 0.6 is 0 Å². The molecular weight excluding hydrogens is 236 g/mol. The van der Waals surface area contributed by atoms with Crippen LogP contribution in [0.15, 0.2) is 0 Å². The molecule has 0 aromatic carbocycles. The average Bonchev–Trinajstić information content (AvgIpc) is 2.35. The van der Waals surface area contributed by atoms with Crippen LogP contribution in [0.2, 0.25) is 30.7 Å². The van der Waals surface area contributed by atoms with Gasteiger partial charge in [0.25, 0.3) is 0 Å². The molecule has 0 aliphatic rings. The van der Waals surface area contributed by atoms with Gasteiger partial charge in [0.2, 0.25) is 0 Å². The average molecular weight is 265 g/mol. The fourth-order valence-corrected chi connectivity index (χ4v) is 6.57. The Bertz CT molecular complexity index is 172. The summed E-state index contributed by atoms with van der Waals surface area (Å²) < 4.78 is 16.8. The highest BCUT2D eigenvalue weighted by Crippen LogP contribution is 2.26. The first kappa shape index (κ1) is 16.3. The molecule has 98 valence electrons. The Hall–Kier alpha value is 0.314. The molecule has 0 radical (unpaired) electrons. The third kappa shape index (κ3) is 4.67. The Labute approximate surface area is 103 Å². The van der Waals surface area contributed by atoms with Gasteiger partial charge in [0.05, 0.1) is 0 Å². The molecule has 0 fully saturated rings. The Balaban J connectivity index is 4.13. The summed E-state index contributed by atoms with van der Waals surface area (Å²) in [6.07, 6.45) is 1.17. The second-order valence-electron chi connectivity index (χ2n) is 4.49. The number of hydrogen-bond donors (Lipinski definition) is 0. The van der Waals surface area contributed by atoms with E-state index in [9.17, 15) is 0 Å². The van der Waals surface area contributed by atoms with Crippen molar-refractivity contribution in [3.05, 3.63) is 0 Å². The van der Waals surface area contributed by atoms with Crippen LogP contribution in [0.3, 0.4) is 0 Å². The minimum atomic E-state index is -1.87. The minimum Gasteiger partial charge on any atom is -0.420 e. The van der Waals surface area contributed by atoms with Crippen molar-refractivity contribution in [3.63, 3.8) is 0 Å². The highest BCUT2D eigenvalue weighted by atomic mass is 28.4. The molecule has 0 N–H and O–H groups in total. The van der Waals surface area contributed by atoms with Gasteiger partial charge in [-0.25, -0.2) is 0 Å². The number of hydrogen-bond acceptors (Lipinski definition) is 3. The van der Waals surface area contributed by atoms with Gasteiger partial charge in [0.15, 0.2) is 8.32 Å². The molecule has 0 aliphatic heterocycles. The van der Waals surface area contributed by atoms with E-state index in [1.54, 1.807) is 14.2 Å². The second-order valence-corrected chi connectivity index (χ2v) is 12.8. The lowest BCUT2D eigenvalue weighted by Crippen LogP contribution is -2.38. The molecule has 0 atom stereocenters. The third-order valence-electron chi connectivity index (χ3n) is 3.85. The second kappa shape index (κ2) is 7.60. The van der Waals surface area contributed by atoms with Crippen LogP contribution in [0.4, 0.5) is 0 Å². The van der Waals surface area contributed by atoms with Gasteiger partial charge in [-0.2, -0.15) is 0 Å². The van der Waals surface area contributed by atoms with E-state index in [0.29, 0.717) is 0 Å². The summed E-state index contributed by atoms with van der Waals surface area (Å²) in [5.41, 5.74) is 0. The topological polar surface area (TPSA) is 27.7 Å². The van der Waals surface area contributed by atoms with Crippen molar-refractivity contribution in [2.75, 3.05) is 21.3 Å². The summed E-state index contributed by atoms with van der Waals surface area (Å²) >= 11 is 0. The monoisotopic (exact) mass is 264 g/mol. The highest BCUT2D eigenvalue weighted by Gasteiger charge is 2.33. The van der Waals surface area contributed by atoms with Crippen LogP contribution in [-0.2, 0) is 13.3 Å². The molecule has 3 nitrogen and oxygen atoms in total. The van der Waals surface area contributed by atoms with Crippen molar-refractivity contribution < 1.29 is 13.3 Å². The zero-order valence-corrected chi connectivity index (χ0v) is 13.8. The van der Waals surface area contributed by atoms with Crippen LogP contribution in [-0.4, -0.2) is 38.2 Å². The van der Waals surface area contributed by atoms with Crippen LogP contribution in [0.25, 0.3) is 0 Å². The first-order valence-electron chi connectivity index (χ1n) is 6.17. The first-order valence-corrected chi connectivity index (χ1v) is 11.2. The molecule has 0 rings (SSSR count). The molecule has 0 bridgehead atoms. The molecule has 0 aromatic heterocycles. The van der Waals surface area contributed by atoms with Crippen molar-refractivity contribution in [1.29, 1.82) is 0 Å². The van der Waals surface area contributed by atoms with Crippen LogP contribution in [0.5, 0.6) is 0 Å². The molecule has 16 heavy (non-hydrogen) atoms. The molecule has 0 unspecified atom stereocenters. The fraction of sp³-hybridized carbons (Fsp3) is 1.00. The Kier molecular flexibility index (Phi) is 7.75. The van der Waals surface area contributed by atoms with Gasteiger partial charge in [-0.3, -0.25) is 0 Å². The molecule has 0 aromatic rings. The Morgan fingerprint density at radius 3 is 1.62 bits per heavy atom. The van der Waals surface area contributed by atoms with Crippen LogP contribution < -0.4 is 0 Å². The van der Waals surface area contributed by atoms with E-state index >= 15 is 0 Å². The lowest BCUT2D eigenvalue weighted by molar-refractivity contribution is 0.249. The maximum atomic E-state index is 5.79. The van der Waals surface area contributed by atoms with E-state index < -0.39 is 16.9 Å². The van der Waals surface area contributed by atoms with Gasteiger partial charge in [-0.1, -0.05) is 20.3 Å². The molecule has 0 heterocycles. The van der Waals surface area contributed by atoms with E-state index in [0.717, 1.165) is 6.04 Å². The van der Waals surface area contributed by atoms with Crippen molar-refractivity contribution in [2.45, 2.75) is 51.0 Å². The first-order chi connectivity index (χ1) is 7.51. The summed E-state index contributed by atoms with van der Waals surface area (Å²) in [7, 11) is 2.10. The van der Waals surface area contributed by atoms with Gasteiger partial charge in [0.1, 0.15) is 0 Å². The summed E-state index contributed by atoms with van der Waals surface area (Å²) in [5.74, 6) is 0. The largest absolute Gasteiger partial charge is 0.420 e. The zero-order valence-electron chi connectivity index (χ0n) is 11.8. The maximum Gasteiger partial charge on any atom is 0.334 e. The van der Waals surface area contributed by atoms with E-state index in [4.69, 9.17) is 13.3 Å². The zero-order chi connectivity index (χ0) is 12.7. The molecule has 5 heteroatoms. The predicted molar refractivity (Wildman–Crippen MR) is 73.6 cm³/mol. The minimum absolute atomic E-state index is 1.07. The Morgan fingerprint density at radius 2 is 1.31 bits per heavy atom. The fourth-order valence-electron chi connectivity index (χ4n) is 2.01. The van der Waals surface area contributed by atoms with Gasteiger partial charge >= 0.3 is 8.56 Å². The SMILES string of the molecule is CC[Si](CC)(CCC[Si](C)(OC)OC)OC. The number of rotatable bonds is 9. The van der Waals surface area contributed by atoms with E-state index in [-0.39, 0.29) is 0 Å². The molecule has 0 spiro atoms. The molecular formula is C11H28O3Si2. The quantitative estimate of drug-likeness (QED) is 0.598. The maximum absolute atomic E-state index is 5.79. The lowest BCUT2D eigenvalue weighted by atomic mass is 10.6. The van der Waals surface area contributed by atoms with Crippen molar-refractivity contribution in [1.82, 2.24) is 0 Å². The Morgan fingerprint density at radius 1 is 0.812 bits per heavy atom. The molecule has 0 saturated carbocycles. The van der Waals surface area contributed by atoms with Crippen molar-refractivity contribution in [2.24, 2.45) is 0 Å². The standard InChI is InChI=1S/C11H28O3Si2/c1-7-16(8-2,14-5)11-9-10-15(6,12-3)13-4/h7-11H2,1-6H3. The van der Waals surface area contributed by atoms with E-state index in [1.807, 2.05) is 7.11 Å². The smallest absolute Gasteiger partial charge is 0.334 e. The molecule has 0 aliphatic carbocycles. The van der Waals surface area contributed by atoms with Crippen molar-refractivity contribution in [3.8, 4) is 0 Å². The van der Waals surface area contributed by atoms with Gasteiger partial charge in [-0.15, -0.1) is 0 Å². The van der Waals surface area contributed by atoms with E-state index in [2.05, 4.69) is 20.4 Å². The van der Waals surface area contributed by atoms with Gasteiger partial charge in [0, 0.05) is 21.3 Å². The summed E-state index contributed by atoms with van der Waals surface area (Å²) in [4.78, 5) is 0. The summed E-state index contributed by atoms with van der Waals surface area (Å²) in [5, 5.41) is 0. The summed E-state index contributed by atoms with van der Waals surface area (Å²) in [6, 6.07) is 4.71. The van der Waals surface area contributed by atoms with Crippen molar-refractivity contribution >= 4 is 16.9 Å². The van der Waals surface area contributed by atoms with E-state index in [1.165, 1.54) is 24.6 Å². The predicted octanol–water partition coefficient (Wildman–Crippen LogP) is 3.37. The van der Waals surface area contributed by atoms with Gasteiger partial charge in [-0.05, 0) is 30.7 Å².